The molecule has 1 aromatic carbocycles. The normalized spacial score (nSPS) is 26.4. The molecule has 0 aromatic heterocycles. The van der Waals surface area contributed by atoms with E-state index in [0.717, 1.165) is 25.7 Å². The summed E-state index contributed by atoms with van der Waals surface area (Å²) in [5.41, 5.74) is 3.20. The highest BCUT2D eigenvalue weighted by Gasteiger charge is 2.51. The summed E-state index contributed by atoms with van der Waals surface area (Å²) in [7, 11) is -0.107. The zero-order valence-corrected chi connectivity index (χ0v) is 25.1. The fourth-order valence-corrected chi connectivity index (χ4v) is 7.56. The monoisotopic (exact) mass is 500 g/mol. The van der Waals surface area contributed by atoms with Crippen LogP contribution in [0.2, 0.25) is 18.1 Å². The molecule has 0 aliphatic heterocycles. The van der Waals surface area contributed by atoms with Crippen molar-refractivity contribution in [2.45, 2.75) is 122 Å². The molecule has 2 aliphatic carbocycles. The summed E-state index contributed by atoms with van der Waals surface area (Å²) in [5, 5.41) is 0.250. The van der Waals surface area contributed by atoms with Gasteiger partial charge in [0.25, 0.3) is 0 Å². The van der Waals surface area contributed by atoms with Crippen molar-refractivity contribution >= 4 is 8.32 Å². The number of fused-ring (bicyclic) bond motifs is 1. The SMILES string of the molecule is COCOC(C)(C)CCC[C@H](C1=CC[C@H]2[C@@H](O[Si](C)(C)C(C)(C)C)CCC[C@]12C)c1ccccc1. The summed E-state index contributed by atoms with van der Waals surface area (Å²) in [6.45, 7) is 19.2. The van der Waals surface area contributed by atoms with Gasteiger partial charge < -0.3 is 13.9 Å². The van der Waals surface area contributed by atoms with E-state index in [-0.39, 0.29) is 16.1 Å². The minimum absolute atomic E-state index is 0.166. The fraction of sp³-hybridized carbons (Fsp3) is 0.742. The minimum Gasteiger partial charge on any atom is -0.414 e. The van der Waals surface area contributed by atoms with Crippen LogP contribution in [0.4, 0.5) is 0 Å². The first kappa shape index (κ1) is 28.6. The summed E-state index contributed by atoms with van der Waals surface area (Å²) in [6.07, 6.45) is 11.3. The maximum atomic E-state index is 7.10. The van der Waals surface area contributed by atoms with E-state index < -0.39 is 8.32 Å². The zero-order valence-electron chi connectivity index (χ0n) is 24.1. The molecule has 0 unspecified atom stereocenters. The molecule has 3 nitrogen and oxygen atoms in total. The van der Waals surface area contributed by atoms with Crippen LogP contribution in [0.25, 0.3) is 0 Å². The Morgan fingerprint density at radius 2 is 1.77 bits per heavy atom. The number of allylic oxidation sites excluding steroid dienone is 2. The number of rotatable bonds is 11. The lowest BCUT2D eigenvalue weighted by atomic mass is 9.62. The van der Waals surface area contributed by atoms with Crippen molar-refractivity contribution in [3.05, 3.63) is 47.5 Å². The molecule has 2 aliphatic rings. The van der Waals surface area contributed by atoms with Gasteiger partial charge in [0, 0.05) is 19.1 Å². The van der Waals surface area contributed by atoms with E-state index in [1.165, 1.54) is 24.8 Å². The van der Waals surface area contributed by atoms with Gasteiger partial charge in [-0.15, -0.1) is 0 Å². The van der Waals surface area contributed by atoms with Gasteiger partial charge >= 0.3 is 0 Å². The highest BCUT2D eigenvalue weighted by Crippen LogP contribution is 2.58. The molecule has 1 saturated carbocycles. The molecule has 0 N–H and O–H groups in total. The Hall–Kier alpha value is -0.943. The van der Waals surface area contributed by atoms with Gasteiger partial charge in [0.2, 0.25) is 0 Å². The zero-order chi connectivity index (χ0) is 25.9. The van der Waals surface area contributed by atoms with Crippen molar-refractivity contribution in [3.8, 4) is 0 Å². The molecule has 0 heterocycles. The Kier molecular flexibility index (Phi) is 9.17. The topological polar surface area (TPSA) is 27.7 Å². The number of hydrogen-bond donors (Lipinski definition) is 0. The van der Waals surface area contributed by atoms with Gasteiger partial charge in [-0.1, -0.05) is 76.1 Å². The van der Waals surface area contributed by atoms with E-state index in [1.54, 1.807) is 12.7 Å². The van der Waals surface area contributed by atoms with Crippen LogP contribution in [0, 0.1) is 11.3 Å². The summed E-state index contributed by atoms with van der Waals surface area (Å²) in [4.78, 5) is 0. The molecular weight excluding hydrogens is 448 g/mol. The average Bonchev–Trinajstić information content (AvgIpc) is 3.13. The third kappa shape index (κ3) is 6.69. The summed E-state index contributed by atoms with van der Waals surface area (Å²) in [6, 6.07) is 11.2. The summed E-state index contributed by atoms with van der Waals surface area (Å²) < 4.78 is 18.2. The van der Waals surface area contributed by atoms with Crippen molar-refractivity contribution in [1.82, 2.24) is 0 Å². The third-order valence-electron chi connectivity index (χ3n) is 9.37. The number of benzene rings is 1. The third-order valence-corrected chi connectivity index (χ3v) is 13.9. The predicted octanol–water partition coefficient (Wildman–Crippen LogP) is 8.87. The van der Waals surface area contributed by atoms with Crippen LogP contribution in [0.15, 0.2) is 42.0 Å². The van der Waals surface area contributed by atoms with Crippen LogP contribution >= 0.6 is 0 Å². The lowest BCUT2D eigenvalue weighted by Gasteiger charge is -2.49. The highest BCUT2D eigenvalue weighted by molar-refractivity contribution is 6.74. The van der Waals surface area contributed by atoms with Crippen LogP contribution in [0.1, 0.15) is 98.0 Å². The molecule has 3 rings (SSSR count). The lowest BCUT2D eigenvalue weighted by molar-refractivity contribution is -0.117. The van der Waals surface area contributed by atoms with Crippen molar-refractivity contribution in [3.63, 3.8) is 0 Å². The van der Waals surface area contributed by atoms with E-state index in [2.05, 4.69) is 91.0 Å². The summed E-state index contributed by atoms with van der Waals surface area (Å²) in [5.74, 6) is 1.07. The molecule has 0 bridgehead atoms. The van der Waals surface area contributed by atoms with Crippen LogP contribution < -0.4 is 0 Å². The molecule has 1 fully saturated rings. The first-order chi connectivity index (χ1) is 16.3. The highest BCUT2D eigenvalue weighted by atomic mass is 28.4. The van der Waals surface area contributed by atoms with Gasteiger partial charge in [0.1, 0.15) is 6.79 Å². The lowest BCUT2D eigenvalue weighted by Crippen LogP contribution is -2.49. The minimum atomic E-state index is -1.80. The molecule has 4 atom stereocenters. The Balaban J connectivity index is 1.80. The van der Waals surface area contributed by atoms with Gasteiger partial charge in [-0.2, -0.15) is 0 Å². The maximum Gasteiger partial charge on any atom is 0.192 e. The number of methoxy groups -OCH3 is 1. The molecule has 1 aromatic rings. The number of ether oxygens (including phenoxy) is 2. The van der Waals surface area contributed by atoms with Gasteiger partial charge in [-0.25, -0.2) is 0 Å². The Morgan fingerprint density at radius 1 is 1.09 bits per heavy atom. The van der Waals surface area contributed by atoms with Crippen molar-refractivity contribution in [1.29, 1.82) is 0 Å². The molecule has 0 spiro atoms. The van der Waals surface area contributed by atoms with Gasteiger partial charge in [-0.05, 0) is 87.4 Å². The maximum absolute atomic E-state index is 7.10. The molecule has 4 heteroatoms. The van der Waals surface area contributed by atoms with Crippen LogP contribution in [0.3, 0.4) is 0 Å². The molecule has 35 heavy (non-hydrogen) atoms. The average molecular weight is 501 g/mol. The number of hydrogen-bond acceptors (Lipinski definition) is 3. The second-order valence-corrected chi connectivity index (χ2v) is 18.2. The van der Waals surface area contributed by atoms with E-state index in [1.807, 2.05) is 0 Å². The fourth-order valence-electron chi connectivity index (χ4n) is 6.17. The second-order valence-electron chi connectivity index (χ2n) is 13.4. The van der Waals surface area contributed by atoms with E-state index in [0.29, 0.717) is 24.7 Å². The smallest absolute Gasteiger partial charge is 0.192 e. The standard InChI is InChI=1S/C31H52O3Si/c1-29(2,3)35(8,9)34-28-18-14-22-31(6)26(19-20-27(28)31)25(24-15-11-10-12-16-24)17-13-21-30(4,5)33-23-32-7/h10-12,15-16,19,25,27-28H,13-14,17-18,20-23H2,1-9H3/t25-,27-,28-,31+/m0/s1. The predicted molar refractivity (Wildman–Crippen MR) is 150 cm³/mol. The Bertz CT molecular complexity index is 839. The van der Waals surface area contributed by atoms with E-state index in [9.17, 15) is 0 Å². The molecular formula is C31H52O3Si. The van der Waals surface area contributed by atoms with Crippen LogP contribution in [-0.4, -0.2) is 33.9 Å². The Morgan fingerprint density at radius 3 is 2.40 bits per heavy atom. The molecule has 198 valence electrons. The van der Waals surface area contributed by atoms with Crippen molar-refractivity contribution < 1.29 is 13.9 Å². The van der Waals surface area contributed by atoms with Gasteiger partial charge in [0.15, 0.2) is 8.32 Å². The summed E-state index contributed by atoms with van der Waals surface area (Å²) >= 11 is 0. The van der Waals surface area contributed by atoms with Gasteiger partial charge in [0.05, 0.1) is 5.60 Å². The van der Waals surface area contributed by atoms with Crippen molar-refractivity contribution in [2.24, 2.45) is 11.3 Å². The van der Waals surface area contributed by atoms with Crippen molar-refractivity contribution in [2.75, 3.05) is 13.9 Å². The first-order valence-electron chi connectivity index (χ1n) is 13.9. The molecule has 0 radical (unpaired) electrons. The molecule has 0 amide bonds. The largest absolute Gasteiger partial charge is 0.414 e. The first-order valence-corrected chi connectivity index (χ1v) is 16.8. The van der Waals surface area contributed by atoms with Gasteiger partial charge in [-0.3, -0.25) is 0 Å². The quantitative estimate of drug-likeness (QED) is 0.172. The van der Waals surface area contributed by atoms with E-state index in [4.69, 9.17) is 13.9 Å². The molecule has 0 saturated heterocycles. The Labute approximate surface area is 217 Å². The second kappa shape index (κ2) is 11.2. The van der Waals surface area contributed by atoms with E-state index >= 15 is 0 Å². The van der Waals surface area contributed by atoms with Crippen LogP contribution in [-0.2, 0) is 13.9 Å². The van der Waals surface area contributed by atoms with Crippen LogP contribution in [0.5, 0.6) is 0 Å².